The van der Waals surface area contributed by atoms with E-state index in [1.165, 1.54) is 23.1 Å². The highest BCUT2D eigenvalue weighted by atomic mass is 14.9. The van der Waals surface area contributed by atoms with E-state index < -0.39 is 0 Å². The van der Waals surface area contributed by atoms with Gasteiger partial charge < -0.3 is 5.32 Å². The first kappa shape index (κ1) is 11.4. The molecular weight excluding hydrogens is 220 g/mol. The van der Waals surface area contributed by atoms with Crippen molar-refractivity contribution >= 4 is 0 Å². The van der Waals surface area contributed by atoms with Crippen LogP contribution in [0.25, 0.3) is 0 Å². The molecule has 92 valence electrons. The molecule has 1 aromatic carbocycles. The van der Waals surface area contributed by atoms with Crippen LogP contribution in [0, 0.1) is 0 Å². The molecule has 2 nitrogen and oxygen atoms in total. The first-order chi connectivity index (χ1) is 8.88. The van der Waals surface area contributed by atoms with Crippen molar-refractivity contribution in [1.29, 1.82) is 0 Å². The smallest absolute Gasteiger partial charge is 0.0270 e. The molecule has 0 spiro atoms. The zero-order chi connectivity index (χ0) is 12.4. The molecule has 0 bridgehead atoms. The molecule has 0 aliphatic heterocycles. The van der Waals surface area contributed by atoms with E-state index in [-0.39, 0.29) is 0 Å². The predicted octanol–water partition coefficient (Wildman–Crippen LogP) is 2.55. The van der Waals surface area contributed by atoms with Crippen LogP contribution in [0.1, 0.15) is 22.6 Å². The molecule has 2 unspecified atom stereocenters. The fourth-order valence-corrected chi connectivity index (χ4v) is 2.87. The zero-order valence-electron chi connectivity index (χ0n) is 10.6. The molecule has 1 aliphatic carbocycles. The van der Waals surface area contributed by atoms with E-state index >= 15 is 0 Å². The third kappa shape index (κ3) is 2.04. The second-order valence-electron chi connectivity index (χ2n) is 4.96. The number of nitrogens with one attached hydrogen (secondary N) is 1. The summed E-state index contributed by atoms with van der Waals surface area (Å²) < 4.78 is 0. The van der Waals surface area contributed by atoms with Gasteiger partial charge in [-0.05, 0) is 48.7 Å². The first-order valence-corrected chi connectivity index (χ1v) is 6.52. The highest BCUT2D eigenvalue weighted by Gasteiger charge is 2.31. The van der Waals surface area contributed by atoms with E-state index in [1.54, 1.807) is 0 Å². The van der Waals surface area contributed by atoms with Crippen molar-refractivity contribution in [1.82, 2.24) is 10.3 Å². The summed E-state index contributed by atoms with van der Waals surface area (Å²) in [6.07, 6.45) is 6.01. The number of pyridine rings is 1. The molecule has 3 rings (SSSR count). The third-order valence-electron chi connectivity index (χ3n) is 3.96. The second kappa shape index (κ2) is 4.91. The van der Waals surface area contributed by atoms with Gasteiger partial charge in [-0.3, -0.25) is 4.98 Å². The van der Waals surface area contributed by atoms with E-state index in [1.807, 2.05) is 12.4 Å². The number of benzene rings is 1. The molecule has 1 aliphatic rings. The number of aromatic nitrogens is 1. The van der Waals surface area contributed by atoms with Crippen molar-refractivity contribution in [2.45, 2.75) is 24.8 Å². The Hall–Kier alpha value is -1.67. The number of rotatable bonds is 4. The number of nitrogens with zero attached hydrogens (tertiary/aromatic N) is 1. The minimum Gasteiger partial charge on any atom is -0.316 e. The van der Waals surface area contributed by atoms with Gasteiger partial charge in [-0.25, -0.2) is 0 Å². The number of likely N-dealkylation sites (N-methyl/N-ethyl adjacent to an activating group) is 1. The summed E-state index contributed by atoms with van der Waals surface area (Å²) in [4.78, 5) is 4.07. The zero-order valence-corrected chi connectivity index (χ0v) is 10.6. The van der Waals surface area contributed by atoms with E-state index in [0.717, 1.165) is 6.42 Å². The van der Waals surface area contributed by atoms with Gasteiger partial charge in [0.2, 0.25) is 0 Å². The molecule has 0 amide bonds. The topological polar surface area (TPSA) is 24.9 Å². The second-order valence-corrected chi connectivity index (χ2v) is 4.96. The van der Waals surface area contributed by atoms with E-state index in [4.69, 9.17) is 0 Å². The van der Waals surface area contributed by atoms with Crippen LogP contribution < -0.4 is 5.32 Å². The Labute approximate surface area is 108 Å². The summed E-state index contributed by atoms with van der Waals surface area (Å²) in [7, 11) is 2.06. The Balaban J connectivity index is 1.75. The van der Waals surface area contributed by atoms with Gasteiger partial charge in [-0.1, -0.05) is 24.3 Å². The molecule has 0 fully saturated rings. The number of hydrogen-bond donors (Lipinski definition) is 1. The Morgan fingerprint density at radius 3 is 2.72 bits per heavy atom. The third-order valence-corrected chi connectivity index (χ3v) is 3.96. The lowest BCUT2D eigenvalue weighted by atomic mass is 9.72. The van der Waals surface area contributed by atoms with Gasteiger partial charge in [0.25, 0.3) is 0 Å². The first-order valence-electron chi connectivity index (χ1n) is 6.52. The van der Waals surface area contributed by atoms with Gasteiger partial charge in [-0.15, -0.1) is 0 Å². The molecule has 0 saturated carbocycles. The lowest BCUT2D eigenvalue weighted by molar-refractivity contribution is 0.422. The Morgan fingerprint density at radius 2 is 2.00 bits per heavy atom. The molecule has 2 aromatic rings. The monoisotopic (exact) mass is 238 g/mol. The quantitative estimate of drug-likeness (QED) is 0.885. The summed E-state index contributed by atoms with van der Waals surface area (Å²) in [5.74, 6) is 0.652. The van der Waals surface area contributed by atoms with Crippen LogP contribution in [-0.2, 0) is 12.8 Å². The Kier molecular flexibility index (Phi) is 3.11. The fraction of sp³-hybridized carbons (Fsp3) is 0.312. The summed E-state index contributed by atoms with van der Waals surface area (Å²) in [5.41, 5.74) is 4.39. The Morgan fingerprint density at radius 1 is 1.22 bits per heavy atom. The van der Waals surface area contributed by atoms with Crippen LogP contribution in [0.4, 0.5) is 0 Å². The van der Waals surface area contributed by atoms with Crippen LogP contribution in [0.3, 0.4) is 0 Å². The van der Waals surface area contributed by atoms with E-state index in [0.29, 0.717) is 12.0 Å². The molecule has 1 heterocycles. The Bertz CT molecular complexity index is 522. The molecule has 0 saturated heterocycles. The molecule has 2 heteroatoms. The summed E-state index contributed by atoms with van der Waals surface area (Å²) >= 11 is 0. The van der Waals surface area contributed by atoms with Crippen LogP contribution in [-0.4, -0.2) is 18.1 Å². The molecule has 1 N–H and O–H groups in total. The maximum atomic E-state index is 4.07. The van der Waals surface area contributed by atoms with Gasteiger partial charge in [0.1, 0.15) is 0 Å². The van der Waals surface area contributed by atoms with E-state index in [2.05, 4.69) is 53.7 Å². The summed E-state index contributed by atoms with van der Waals surface area (Å²) in [6, 6.07) is 13.5. The SMILES string of the molecule is CNC(Cc1ccncc1)C1Cc2ccccc21. The van der Waals surface area contributed by atoms with Gasteiger partial charge in [0.15, 0.2) is 0 Å². The average Bonchev–Trinajstić information content (AvgIpc) is 2.40. The van der Waals surface area contributed by atoms with E-state index in [9.17, 15) is 0 Å². The standard InChI is InChI=1S/C16H18N2/c1-17-16(10-12-6-8-18-9-7-12)15-11-13-4-2-3-5-14(13)15/h2-9,15-17H,10-11H2,1H3. The van der Waals surface area contributed by atoms with Crippen molar-refractivity contribution in [3.63, 3.8) is 0 Å². The van der Waals surface area contributed by atoms with Gasteiger partial charge in [0.05, 0.1) is 0 Å². The van der Waals surface area contributed by atoms with Crippen molar-refractivity contribution in [2.24, 2.45) is 0 Å². The normalized spacial score (nSPS) is 18.8. The van der Waals surface area contributed by atoms with Gasteiger partial charge in [-0.2, -0.15) is 0 Å². The van der Waals surface area contributed by atoms with Crippen LogP contribution in [0.15, 0.2) is 48.8 Å². The molecular formula is C16H18N2. The lowest BCUT2D eigenvalue weighted by Gasteiger charge is -2.36. The number of hydrogen-bond acceptors (Lipinski definition) is 2. The van der Waals surface area contributed by atoms with Crippen molar-refractivity contribution in [3.05, 3.63) is 65.5 Å². The summed E-state index contributed by atoms with van der Waals surface area (Å²) in [6.45, 7) is 0. The average molecular weight is 238 g/mol. The highest BCUT2D eigenvalue weighted by molar-refractivity contribution is 5.41. The largest absolute Gasteiger partial charge is 0.316 e. The fourth-order valence-electron chi connectivity index (χ4n) is 2.87. The van der Waals surface area contributed by atoms with Gasteiger partial charge in [0, 0.05) is 24.4 Å². The van der Waals surface area contributed by atoms with Crippen LogP contribution in [0.5, 0.6) is 0 Å². The van der Waals surface area contributed by atoms with Crippen LogP contribution in [0.2, 0.25) is 0 Å². The number of fused-ring (bicyclic) bond motifs is 1. The molecule has 1 aromatic heterocycles. The lowest BCUT2D eigenvalue weighted by Crippen LogP contribution is -2.39. The predicted molar refractivity (Wildman–Crippen MR) is 73.7 cm³/mol. The molecule has 18 heavy (non-hydrogen) atoms. The summed E-state index contributed by atoms with van der Waals surface area (Å²) in [5, 5.41) is 3.47. The minimum atomic E-state index is 0.516. The maximum Gasteiger partial charge on any atom is 0.0270 e. The molecule has 0 radical (unpaired) electrons. The van der Waals surface area contributed by atoms with Crippen molar-refractivity contribution < 1.29 is 0 Å². The molecule has 2 atom stereocenters. The van der Waals surface area contributed by atoms with Gasteiger partial charge >= 0.3 is 0 Å². The minimum absolute atomic E-state index is 0.516. The highest BCUT2D eigenvalue weighted by Crippen LogP contribution is 2.38. The van der Waals surface area contributed by atoms with Crippen molar-refractivity contribution in [2.75, 3.05) is 7.05 Å². The van der Waals surface area contributed by atoms with Crippen LogP contribution >= 0.6 is 0 Å². The maximum absolute atomic E-state index is 4.07. The van der Waals surface area contributed by atoms with Crippen molar-refractivity contribution in [3.8, 4) is 0 Å².